The van der Waals surface area contributed by atoms with Crippen LogP contribution in [0.15, 0.2) is 24.3 Å². The summed E-state index contributed by atoms with van der Waals surface area (Å²) < 4.78 is 5.92. The van der Waals surface area contributed by atoms with Crippen molar-refractivity contribution < 1.29 is 9.84 Å². The number of ether oxygens (including phenoxy) is 1. The molecule has 0 radical (unpaired) electrons. The van der Waals surface area contributed by atoms with Crippen LogP contribution < -0.4 is 4.74 Å². The number of rotatable bonds is 2. The van der Waals surface area contributed by atoms with Gasteiger partial charge in [0, 0.05) is 19.5 Å². The van der Waals surface area contributed by atoms with Gasteiger partial charge in [0.05, 0.1) is 6.10 Å². The van der Waals surface area contributed by atoms with Gasteiger partial charge >= 0.3 is 0 Å². The van der Waals surface area contributed by atoms with Crippen LogP contribution in [0.25, 0.3) is 0 Å². The first kappa shape index (κ1) is 11.1. The molecule has 0 aromatic heterocycles. The van der Waals surface area contributed by atoms with E-state index in [0.717, 1.165) is 44.6 Å². The topological polar surface area (TPSA) is 32.7 Å². The summed E-state index contributed by atoms with van der Waals surface area (Å²) in [5.74, 6) is 1.04. The Morgan fingerprint density at radius 2 is 2.24 bits per heavy atom. The molecule has 0 amide bonds. The fraction of sp³-hybridized carbons (Fsp3) is 0.571. The van der Waals surface area contributed by atoms with E-state index in [0.29, 0.717) is 0 Å². The second-order valence-corrected chi connectivity index (χ2v) is 5.11. The number of nitrogens with zero attached hydrogens (tertiary/aromatic N) is 1. The Kier molecular flexibility index (Phi) is 3.04. The van der Waals surface area contributed by atoms with E-state index in [1.165, 1.54) is 5.56 Å². The second-order valence-electron chi connectivity index (χ2n) is 5.11. The third kappa shape index (κ3) is 2.45. The highest BCUT2D eigenvalue weighted by Crippen LogP contribution is 2.28. The summed E-state index contributed by atoms with van der Waals surface area (Å²) in [6.07, 6.45) is 3.16. The van der Waals surface area contributed by atoms with Gasteiger partial charge in [0.2, 0.25) is 0 Å². The van der Waals surface area contributed by atoms with Crippen LogP contribution in [0.3, 0.4) is 0 Å². The lowest BCUT2D eigenvalue weighted by molar-refractivity contribution is 0.0502. The maximum Gasteiger partial charge on any atom is 0.123 e. The Morgan fingerprint density at radius 1 is 1.35 bits per heavy atom. The quantitative estimate of drug-likeness (QED) is 0.839. The van der Waals surface area contributed by atoms with Crippen molar-refractivity contribution in [1.29, 1.82) is 0 Å². The summed E-state index contributed by atoms with van der Waals surface area (Å²) in [4.78, 5) is 2.32. The van der Waals surface area contributed by atoms with Crippen molar-refractivity contribution in [2.75, 3.05) is 19.6 Å². The van der Waals surface area contributed by atoms with Gasteiger partial charge in [-0.3, -0.25) is 4.90 Å². The van der Waals surface area contributed by atoms with Crippen LogP contribution in [0.2, 0.25) is 0 Å². The molecule has 1 aromatic rings. The van der Waals surface area contributed by atoms with Gasteiger partial charge in [-0.1, -0.05) is 18.2 Å². The molecule has 2 atom stereocenters. The summed E-state index contributed by atoms with van der Waals surface area (Å²) in [7, 11) is 0. The Labute approximate surface area is 102 Å². The minimum Gasteiger partial charge on any atom is -0.488 e. The highest BCUT2D eigenvalue weighted by Gasteiger charge is 2.26. The zero-order valence-electron chi connectivity index (χ0n) is 10.0. The van der Waals surface area contributed by atoms with E-state index in [1.54, 1.807) is 0 Å². The van der Waals surface area contributed by atoms with Crippen LogP contribution in [0.1, 0.15) is 18.4 Å². The smallest absolute Gasteiger partial charge is 0.123 e. The minimum atomic E-state index is -0.146. The summed E-state index contributed by atoms with van der Waals surface area (Å²) in [5.41, 5.74) is 1.31. The van der Waals surface area contributed by atoms with Crippen molar-refractivity contribution >= 4 is 0 Å². The highest BCUT2D eigenvalue weighted by molar-refractivity contribution is 5.37. The van der Waals surface area contributed by atoms with Crippen molar-refractivity contribution in [3.05, 3.63) is 29.8 Å². The molecular formula is C14H19NO2. The number of β-amino-alcohol motifs (C(OH)–C–C–N with tert-alkyl or cyclic N) is 1. The van der Waals surface area contributed by atoms with E-state index in [9.17, 15) is 5.11 Å². The number of likely N-dealkylation sites (tertiary alicyclic amines) is 1. The fourth-order valence-corrected chi connectivity index (χ4v) is 2.84. The molecule has 1 fully saturated rings. The molecule has 0 spiro atoms. The SMILES string of the molecule is O[C@H]1CCCN(CC2Cc3ccccc3O2)C1. The molecule has 0 aliphatic carbocycles. The Bertz CT molecular complexity index is 369. The summed E-state index contributed by atoms with van der Waals surface area (Å²) >= 11 is 0. The molecule has 1 unspecified atom stereocenters. The third-order valence-corrected chi connectivity index (χ3v) is 3.66. The van der Waals surface area contributed by atoms with Gasteiger partial charge < -0.3 is 9.84 Å². The van der Waals surface area contributed by atoms with Gasteiger partial charge in [-0.25, -0.2) is 0 Å². The van der Waals surface area contributed by atoms with Crippen molar-refractivity contribution in [3.63, 3.8) is 0 Å². The number of piperidine rings is 1. The molecule has 17 heavy (non-hydrogen) atoms. The van der Waals surface area contributed by atoms with Gasteiger partial charge in [-0.2, -0.15) is 0 Å². The number of aliphatic hydroxyl groups is 1. The Hall–Kier alpha value is -1.06. The monoisotopic (exact) mass is 233 g/mol. The second kappa shape index (κ2) is 4.67. The van der Waals surface area contributed by atoms with E-state index in [4.69, 9.17) is 4.74 Å². The number of benzene rings is 1. The average Bonchev–Trinajstić information content (AvgIpc) is 2.71. The standard InChI is InChI=1S/C14H19NO2/c16-12-5-3-7-15(9-12)10-13-8-11-4-1-2-6-14(11)17-13/h1-2,4,6,12-13,16H,3,5,7-10H2/t12-,13?/m0/s1. The molecule has 3 rings (SSSR count). The number of hydrogen-bond acceptors (Lipinski definition) is 3. The van der Waals surface area contributed by atoms with Crippen LogP contribution in [0.4, 0.5) is 0 Å². The lowest BCUT2D eigenvalue weighted by Gasteiger charge is -2.31. The van der Waals surface area contributed by atoms with E-state index in [-0.39, 0.29) is 12.2 Å². The van der Waals surface area contributed by atoms with Crippen molar-refractivity contribution in [3.8, 4) is 5.75 Å². The van der Waals surface area contributed by atoms with E-state index in [1.807, 2.05) is 12.1 Å². The molecule has 2 aliphatic heterocycles. The number of fused-ring (bicyclic) bond motifs is 1. The van der Waals surface area contributed by atoms with Crippen LogP contribution in [-0.2, 0) is 6.42 Å². The number of hydrogen-bond donors (Lipinski definition) is 1. The molecule has 2 aliphatic rings. The molecule has 0 bridgehead atoms. The Morgan fingerprint density at radius 3 is 3.06 bits per heavy atom. The zero-order chi connectivity index (χ0) is 11.7. The summed E-state index contributed by atoms with van der Waals surface area (Å²) in [5, 5.41) is 9.64. The zero-order valence-corrected chi connectivity index (χ0v) is 10.0. The van der Waals surface area contributed by atoms with Crippen LogP contribution >= 0.6 is 0 Å². The van der Waals surface area contributed by atoms with Crippen molar-refractivity contribution in [2.45, 2.75) is 31.5 Å². The molecule has 3 nitrogen and oxygen atoms in total. The first-order valence-corrected chi connectivity index (χ1v) is 6.46. The van der Waals surface area contributed by atoms with Crippen LogP contribution in [0.5, 0.6) is 5.75 Å². The van der Waals surface area contributed by atoms with E-state index < -0.39 is 0 Å². The van der Waals surface area contributed by atoms with Crippen molar-refractivity contribution in [2.24, 2.45) is 0 Å². The van der Waals surface area contributed by atoms with Gasteiger partial charge in [-0.15, -0.1) is 0 Å². The average molecular weight is 233 g/mol. The fourth-order valence-electron chi connectivity index (χ4n) is 2.84. The van der Waals surface area contributed by atoms with Gasteiger partial charge in [0.25, 0.3) is 0 Å². The maximum atomic E-state index is 9.64. The largest absolute Gasteiger partial charge is 0.488 e. The predicted octanol–water partition coefficient (Wildman–Crippen LogP) is 1.45. The molecule has 0 saturated carbocycles. The molecule has 2 heterocycles. The lowest BCUT2D eigenvalue weighted by Crippen LogP contribution is -2.43. The molecule has 1 N–H and O–H groups in total. The highest BCUT2D eigenvalue weighted by atomic mass is 16.5. The first-order valence-electron chi connectivity index (χ1n) is 6.46. The first-order chi connectivity index (χ1) is 8.31. The van der Waals surface area contributed by atoms with E-state index >= 15 is 0 Å². The molecule has 1 saturated heterocycles. The normalized spacial score (nSPS) is 28.8. The lowest BCUT2D eigenvalue weighted by atomic mass is 10.1. The van der Waals surface area contributed by atoms with Crippen LogP contribution in [0, 0.1) is 0 Å². The number of aliphatic hydroxyl groups excluding tert-OH is 1. The summed E-state index contributed by atoms with van der Waals surface area (Å²) in [6.45, 7) is 2.83. The van der Waals surface area contributed by atoms with Gasteiger partial charge in [0.1, 0.15) is 11.9 Å². The molecule has 3 heteroatoms. The minimum absolute atomic E-state index is 0.146. The number of para-hydroxylation sites is 1. The molecule has 92 valence electrons. The van der Waals surface area contributed by atoms with Gasteiger partial charge in [-0.05, 0) is 31.0 Å². The molecular weight excluding hydrogens is 214 g/mol. The maximum absolute atomic E-state index is 9.64. The van der Waals surface area contributed by atoms with Crippen LogP contribution in [-0.4, -0.2) is 41.8 Å². The summed E-state index contributed by atoms with van der Waals surface area (Å²) in [6, 6.07) is 8.27. The van der Waals surface area contributed by atoms with Crippen molar-refractivity contribution in [1.82, 2.24) is 4.90 Å². The van der Waals surface area contributed by atoms with E-state index in [2.05, 4.69) is 17.0 Å². The molecule has 1 aromatic carbocycles. The Balaban J connectivity index is 1.58. The third-order valence-electron chi connectivity index (χ3n) is 3.66. The predicted molar refractivity (Wildman–Crippen MR) is 66.2 cm³/mol. The van der Waals surface area contributed by atoms with Gasteiger partial charge in [0.15, 0.2) is 0 Å².